The van der Waals surface area contributed by atoms with Crippen molar-refractivity contribution in [1.29, 1.82) is 0 Å². The highest BCUT2D eigenvalue weighted by molar-refractivity contribution is 5.55. The molecule has 0 saturated carbocycles. The molecule has 0 aliphatic heterocycles. The molecule has 2 aromatic rings. The summed E-state index contributed by atoms with van der Waals surface area (Å²) in [6.07, 6.45) is 0.203. The lowest BCUT2D eigenvalue weighted by molar-refractivity contribution is 0.324. The van der Waals surface area contributed by atoms with Crippen molar-refractivity contribution in [3.63, 3.8) is 0 Å². The Kier molecular flexibility index (Phi) is 4.40. The summed E-state index contributed by atoms with van der Waals surface area (Å²) in [5, 5.41) is 0. The number of rotatable bonds is 5. The van der Waals surface area contributed by atoms with Crippen LogP contribution in [0.4, 0.5) is 5.82 Å². The molecule has 1 aromatic carbocycles. The van der Waals surface area contributed by atoms with Crippen molar-refractivity contribution in [3.8, 4) is 17.2 Å². The predicted molar refractivity (Wildman–Crippen MR) is 81.0 cm³/mol. The number of benzene rings is 1. The largest absolute Gasteiger partial charge is 0.493 e. The van der Waals surface area contributed by atoms with Crippen LogP contribution >= 0.6 is 0 Å². The summed E-state index contributed by atoms with van der Waals surface area (Å²) in [6.45, 7) is 0. The molecule has 8 heteroatoms. The van der Waals surface area contributed by atoms with Crippen LogP contribution in [0.3, 0.4) is 0 Å². The van der Waals surface area contributed by atoms with Crippen LogP contribution in [-0.2, 0) is 6.42 Å². The predicted octanol–water partition coefficient (Wildman–Crippen LogP) is 0.262. The lowest BCUT2D eigenvalue weighted by Crippen LogP contribution is -2.27. The van der Waals surface area contributed by atoms with Crippen LogP contribution in [0.15, 0.2) is 21.7 Å². The molecule has 0 spiro atoms. The summed E-state index contributed by atoms with van der Waals surface area (Å²) >= 11 is 0. The zero-order chi connectivity index (χ0) is 16.3. The van der Waals surface area contributed by atoms with E-state index in [0.717, 1.165) is 5.56 Å². The summed E-state index contributed by atoms with van der Waals surface area (Å²) < 4.78 is 15.7. The van der Waals surface area contributed by atoms with Gasteiger partial charge in [0.05, 0.1) is 26.9 Å². The Morgan fingerprint density at radius 3 is 2.05 bits per heavy atom. The highest BCUT2D eigenvalue weighted by Crippen LogP contribution is 2.38. The summed E-state index contributed by atoms with van der Waals surface area (Å²) in [6, 6.07) is 3.43. The molecule has 0 unspecified atom stereocenters. The molecule has 0 fully saturated rings. The number of anilines is 1. The second kappa shape index (κ2) is 6.25. The smallest absolute Gasteiger partial charge is 0.327 e. The molecule has 0 aliphatic rings. The molecule has 2 rings (SSSR count). The van der Waals surface area contributed by atoms with Gasteiger partial charge in [0.25, 0.3) is 5.56 Å². The molecule has 8 nitrogen and oxygen atoms in total. The first-order valence-corrected chi connectivity index (χ1v) is 6.40. The van der Waals surface area contributed by atoms with Gasteiger partial charge in [-0.25, -0.2) is 4.79 Å². The van der Waals surface area contributed by atoms with Gasteiger partial charge in [-0.2, -0.15) is 0 Å². The van der Waals surface area contributed by atoms with Gasteiger partial charge in [0, 0.05) is 6.42 Å². The van der Waals surface area contributed by atoms with E-state index in [0.29, 0.717) is 17.2 Å². The fraction of sp³-hybridized carbons (Fsp3) is 0.286. The van der Waals surface area contributed by atoms with Crippen molar-refractivity contribution in [1.82, 2.24) is 9.97 Å². The number of hydrogen-bond acceptors (Lipinski definition) is 6. The Morgan fingerprint density at radius 1 is 1.00 bits per heavy atom. The third-order valence-corrected chi connectivity index (χ3v) is 3.18. The molecule has 0 saturated heterocycles. The number of hydrogen-bond donors (Lipinski definition) is 3. The third kappa shape index (κ3) is 2.90. The number of ether oxygens (including phenoxy) is 3. The summed E-state index contributed by atoms with van der Waals surface area (Å²) in [5.74, 6) is 1.42. The van der Waals surface area contributed by atoms with Crippen molar-refractivity contribution in [2.24, 2.45) is 0 Å². The van der Waals surface area contributed by atoms with Gasteiger partial charge in [-0.05, 0) is 17.7 Å². The molecule has 4 N–H and O–H groups in total. The van der Waals surface area contributed by atoms with Crippen molar-refractivity contribution in [2.45, 2.75) is 6.42 Å². The van der Waals surface area contributed by atoms with E-state index < -0.39 is 11.2 Å². The average Bonchev–Trinajstić information content (AvgIpc) is 2.49. The average molecular weight is 307 g/mol. The molecule has 0 radical (unpaired) electrons. The Labute approximate surface area is 125 Å². The van der Waals surface area contributed by atoms with Crippen LogP contribution in [-0.4, -0.2) is 31.3 Å². The van der Waals surface area contributed by atoms with Crippen LogP contribution in [0.25, 0.3) is 0 Å². The lowest BCUT2D eigenvalue weighted by Gasteiger charge is -2.14. The van der Waals surface area contributed by atoms with E-state index in [4.69, 9.17) is 19.9 Å². The highest BCUT2D eigenvalue weighted by Gasteiger charge is 2.15. The number of nitrogens with one attached hydrogen (secondary N) is 2. The van der Waals surface area contributed by atoms with E-state index in [-0.39, 0.29) is 17.8 Å². The van der Waals surface area contributed by atoms with Crippen molar-refractivity contribution < 1.29 is 14.2 Å². The van der Waals surface area contributed by atoms with Crippen LogP contribution < -0.4 is 31.2 Å². The van der Waals surface area contributed by atoms with E-state index in [9.17, 15) is 9.59 Å². The number of aromatic nitrogens is 2. The number of H-pyrrole nitrogens is 2. The van der Waals surface area contributed by atoms with E-state index in [2.05, 4.69) is 9.97 Å². The fourth-order valence-electron chi connectivity index (χ4n) is 2.15. The Balaban J connectivity index is 2.51. The first-order chi connectivity index (χ1) is 10.5. The molecular formula is C14H17N3O5. The molecule has 0 aliphatic carbocycles. The van der Waals surface area contributed by atoms with Gasteiger partial charge in [-0.3, -0.25) is 14.8 Å². The van der Waals surface area contributed by atoms with Gasteiger partial charge >= 0.3 is 5.69 Å². The van der Waals surface area contributed by atoms with Crippen LogP contribution in [0.2, 0.25) is 0 Å². The van der Waals surface area contributed by atoms with Gasteiger partial charge in [0.15, 0.2) is 11.5 Å². The standard InChI is InChI=1S/C14H17N3O5/c1-20-9-5-7(6-10(21-2)11(9)22-3)4-8-12(15)16-14(19)17-13(8)18/h5-6H,4H2,1-3H3,(H4,15,16,17,18,19). The van der Waals surface area contributed by atoms with Gasteiger partial charge in [0.1, 0.15) is 5.82 Å². The molecule has 0 bridgehead atoms. The molecule has 1 heterocycles. The van der Waals surface area contributed by atoms with Crippen LogP contribution in [0.5, 0.6) is 17.2 Å². The summed E-state index contributed by atoms with van der Waals surface area (Å²) in [5.41, 5.74) is 5.51. The zero-order valence-electron chi connectivity index (χ0n) is 12.5. The Morgan fingerprint density at radius 2 is 1.59 bits per heavy atom. The first kappa shape index (κ1) is 15.5. The van der Waals surface area contributed by atoms with Gasteiger partial charge in [-0.1, -0.05) is 0 Å². The normalized spacial score (nSPS) is 10.3. The Hall–Kier alpha value is -2.90. The second-order valence-corrected chi connectivity index (χ2v) is 4.51. The molecule has 1 aromatic heterocycles. The van der Waals surface area contributed by atoms with E-state index in [1.165, 1.54) is 21.3 Å². The Bertz CT molecular complexity index is 769. The number of aromatic amines is 2. The van der Waals surface area contributed by atoms with Crippen molar-refractivity contribution in [3.05, 3.63) is 44.1 Å². The summed E-state index contributed by atoms with van der Waals surface area (Å²) in [7, 11) is 4.51. The van der Waals surface area contributed by atoms with Gasteiger partial charge < -0.3 is 19.9 Å². The maximum absolute atomic E-state index is 11.9. The van der Waals surface area contributed by atoms with E-state index in [1.807, 2.05) is 0 Å². The molecule has 0 atom stereocenters. The van der Waals surface area contributed by atoms with Crippen LogP contribution in [0, 0.1) is 0 Å². The minimum atomic E-state index is -0.642. The molecule has 0 amide bonds. The van der Waals surface area contributed by atoms with E-state index >= 15 is 0 Å². The zero-order valence-corrected chi connectivity index (χ0v) is 12.5. The number of methoxy groups -OCH3 is 3. The topological polar surface area (TPSA) is 119 Å². The van der Waals surface area contributed by atoms with Crippen LogP contribution in [0.1, 0.15) is 11.1 Å². The maximum atomic E-state index is 11.9. The quantitative estimate of drug-likeness (QED) is 0.729. The summed E-state index contributed by atoms with van der Waals surface area (Å²) in [4.78, 5) is 27.5. The lowest BCUT2D eigenvalue weighted by atomic mass is 10.1. The minimum Gasteiger partial charge on any atom is -0.493 e. The maximum Gasteiger partial charge on any atom is 0.327 e. The fourth-order valence-corrected chi connectivity index (χ4v) is 2.15. The SMILES string of the molecule is COc1cc(Cc2c(N)[nH]c(=O)[nH]c2=O)cc(OC)c1OC. The minimum absolute atomic E-state index is 0.0301. The first-order valence-electron chi connectivity index (χ1n) is 6.40. The van der Waals surface area contributed by atoms with Crippen molar-refractivity contribution >= 4 is 5.82 Å². The monoisotopic (exact) mass is 307 g/mol. The number of nitrogens with two attached hydrogens (primary N) is 1. The highest BCUT2D eigenvalue weighted by atomic mass is 16.5. The molecular weight excluding hydrogens is 290 g/mol. The second-order valence-electron chi connectivity index (χ2n) is 4.51. The molecule has 22 heavy (non-hydrogen) atoms. The van der Waals surface area contributed by atoms with Gasteiger partial charge in [0.2, 0.25) is 5.75 Å². The number of nitrogen functional groups attached to an aromatic ring is 1. The molecule has 118 valence electrons. The van der Waals surface area contributed by atoms with Gasteiger partial charge in [-0.15, -0.1) is 0 Å². The third-order valence-electron chi connectivity index (χ3n) is 3.18. The van der Waals surface area contributed by atoms with Crippen molar-refractivity contribution in [2.75, 3.05) is 27.1 Å². The van der Waals surface area contributed by atoms with E-state index in [1.54, 1.807) is 12.1 Å².